The summed E-state index contributed by atoms with van der Waals surface area (Å²) in [6.07, 6.45) is 0. The Hall–Kier alpha value is -0.940. The van der Waals surface area contributed by atoms with Crippen LogP contribution in [-0.2, 0) is 10.1 Å². The fourth-order valence-electron chi connectivity index (χ4n) is 1.27. The maximum atomic E-state index is 5.41. The highest BCUT2D eigenvalue weighted by atomic mass is 79.9. The number of alkyl halides is 1. The molecule has 90 valence electrons. The Morgan fingerprint density at radius 1 is 1.06 bits per heavy atom. The van der Waals surface area contributed by atoms with Gasteiger partial charge in [0.25, 0.3) is 0 Å². The average Bonchev–Trinajstić information content (AvgIpc) is 2.35. The second-order valence-corrected chi connectivity index (χ2v) is 3.57. The predicted octanol–water partition coefficient (Wildman–Crippen LogP) is 2.58. The van der Waals surface area contributed by atoms with E-state index in [0.717, 1.165) is 10.9 Å². The molecule has 0 aliphatic rings. The molecule has 0 atom stereocenters. The number of methoxy groups -OCH3 is 3. The number of ether oxygens (including phenoxy) is 4. The van der Waals surface area contributed by atoms with Gasteiger partial charge in [-0.05, 0) is 17.7 Å². The van der Waals surface area contributed by atoms with Crippen molar-refractivity contribution in [2.45, 2.75) is 5.33 Å². The van der Waals surface area contributed by atoms with Crippen LogP contribution in [0.25, 0.3) is 0 Å². The topological polar surface area (TPSA) is 36.9 Å². The Morgan fingerprint density at radius 2 is 1.62 bits per heavy atom. The Kier molecular flexibility index (Phi) is 5.42. The van der Waals surface area contributed by atoms with Gasteiger partial charge in [0.05, 0.1) is 14.2 Å². The zero-order chi connectivity index (χ0) is 12.0. The predicted molar refractivity (Wildman–Crippen MR) is 64.7 cm³/mol. The van der Waals surface area contributed by atoms with Crippen LogP contribution in [0.5, 0.6) is 17.2 Å². The third-order valence-corrected chi connectivity index (χ3v) is 2.64. The van der Waals surface area contributed by atoms with Gasteiger partial charge < -0.3 is 18.9 Å². The first-order valence-electron chi connectivity index (χ1n) is 4.69. The lowest BCUT2D eigenvalue weighted by atomic mass is 10.2. The Bertz CT molecular complexity index is 316. The average molecular weight is 291 g/mol. The summed E-state index contributed by atoms with van der Waals surface area (Å²) < 4.78 is 20.8. The summed E-state index contributed by atoms with van der Waals surface area (Å²) >= 11 is 3.38. The molecule has 4 nitrogen and oxygen atoms in total. The maximum Gasteiger partial charge on any atom is 0.206 e. The van der Waals surface area contributed by atoms with E-state index in [1.165, 1.54) is 0 Å². The van der Waals surface area contributed by atoms with Crippen LogP contribution in [0.15, 0.2) is 12.1 Å². The molecule has 0 spiro atoms. The molecule has 0 fully saturated rings. The SMILES string of the molecule is COCOc1c(OC)cc(CBr)cc1OC. The van der Waals surface area contributed by atoms with Crippen LogP contribution < -0.4 is 14.2 Å². The number of hydrogen-bond donors (Lipinski definition) is 0. The van der Waals surface area contributed by atoms with Crippen molar-refractivity contribution in [3.63, 3.8) is 0 Å². The zero-order valence-corrected chi connectivity index (χ0v) is 11.2. The molecule has 16 heavy (non-hydrogen) atoms. The summed E-state index contributed by atoms with van der Waals surface area (Å²) in [5.74, 6) is 1.81. The molecule has 0 aliphatic carbocycles. The van der Waals surface area contributed by atoms with Gasteiger partial charge in [-0.1, -0.05) is 15.9 Å². The minimum absolute atomic E-state index is 0.153. The van der Waals surface area contributed by atoms with Crippen LogP contribution in [0.3, 0.4) is 0 Å². The van der Waals surface area contributed by atoms with Gasteiger partial charge in [0.15, 0.2) is 18.3 Å². The van der Waals surface area contributed by atoms with Gasteiger partial charge in [-0.15, -0.1) is 0 Å². The molecule has 1 rings (SSSR count). The van der Waals surface area contributed by atoms with Crippen LogP contribution in [0.4, 0.5) is 0 Å². The highest BCUT2D eigenvalue weighted by Gasteiger charge is 2.13. The Labute approximate surface area is 104 Å². The first-order valence-corrected chi connectivity index (χ1v) is 5.81. The van der Waals surface area contributed by atoms with Crippen molar-refractivity contribution in [1.82, 2.24) is 0 Å². The lowest BCUT2D eigenvalue weighted by Crippen LogP contribution is -2.03. The quantitative estimate of drug-likeness (QED) is 0.596. The van der Waals surface area contributed by atoms with Crippen molar-refractivity contribution < 1.29 is 18.9 Å². The summed E-state index contributed by atoms with van der Waals surface area (Å²) in [5, 5.41) is 0.726. The molecule has 0 saturated heterocycles. The van der Waals surface area contributed by atoms with E-state index in [9.17, 15) is 0 Å². The molecule has 0 bridgehead atoms. The van der Waals surface area contributed by atoms with E-state index < -0.39 is 0 Å². The lowest BCUT2D eigenvalue weighted by molar-refractivity contribution is 0.0471. The summed E-state index contributed by atoms with van der Waals surface area (Å²) in [7, 11) is 4.74. The van der Waals surface area contributed by atoms with Crippen molar-refractivity contribution in [1.29, 1.82) is 0 Å². The number of halogens is 1. The zero-order valence-electron chi connectivity index (χ0n) is 9.58. The van der Waals surface area contributed by atoms with Gasteiger partial charge in [-0.25, -0.2) is 0 Å². The van der Waals surface area contributed by atoms with Crippen molar-refractivity contribution in [3.05, 3.63) is 17.7 Å². The number of rotatable bonds is 6. The molecule has 1 aromatic carbocycles. The number of hydrogen-bond acceptors (Lipinski definition) is 4. The minimum Gasteiger partial charge on any atom is -0.493 e. The largest absolute Gasteiger partial charge is 0.493 e. The van der Waals surface area contributed by atoms with Crippen LogP contribution in [0, 0.1) is 0 Å². The van der Waals surface area contributed by atoms with E-state index >= 15 is 0 Å². The van der Waals surface area contributed by atoms with E-state index in [2.05, 4.69) is 15.9 Å². The monoisotopic (exact) mass is 290 g/mol. The maximum absolute atomic E-state index is 5.41. The molecule has 0 saturated carbocycles. The third-order valence-electron chi connectivity index (χ3n) is 2.00. The highest BCUT2D eigenvalue weighted by molar-refractivity contribution is 9.08. The highest BCUT2D eigenvalue weighted by Crippen LogP contribution is 2.38. The first kappa shape index (κ1) is 13.1. The minimum atomic E-state index is 0.153. The molecule has 5 heteroatoms. The summed E-state index contributed by atoms with van der Waals surface area (Å²) in [6, 6.07) is 3.78. The van der Waals surface area contributed by atoms with Crippen molar-refractivity contribution in [3.8, 4) is 17.2 Å². The molecule has 0 unspecified atom stereocenters. The lowest BCUT2D eigenvalue weighted by Gasteiger charge is -2.14. The van der Waals surface area contributed by atoms with Gasteiger partial charge in [0, 0.05) is 12.4 Å². The molecule has 0 N–H and O–H groups in total. The van der Waals surface area contributed by atoms with E-state index in [1.807, 2.05) is 12.1 Å². The van der Waals surface area contributed by atoms with E-state index in [-0.39, 0.29) is 6.79 Å². The second-order valence-electron chi connectivity index (χ2n) is 3.01. The van der Waals surface area contributed by atoms with Gasteiger partial charge >= 0.3 is 0 Å². The fourth-order valence-corrected chi connectivity index (χ4v) is 1.60. The molecule has 0 aromatic heterocycles. The molecule has 0 heterocycles. The van der Waals surface area contributed by atoms with Crippen LogP contribution in [0.1, 0.15) is 5.56 Å². The molecule has 1 aromatic rings. The Morgan fingerprint density at radius 3 is 2.00 bits per heavy atom. The molecule has 0 aliphatic heterocycles. The molecule has 0 amide bonds. The van der Waals surface area contributed by atoms with E-state index in [1.54, 1.807) is 21.3 Å². The molecular formula is C11H15BrO4. The fraction of sp³-hybridized carbons (Fsp3) is 0.455. The number of benzene rings is 1. The van der Waals surface area contributed by atoms with Crippen molar-refractivity contribution >= 4 is 15.9 Å². The third kappa shape index (κ3) is 3.02. The van der Waals surface area contributed by atoms with Crippen LogP contribution in [0.2, 0.25) is 0 Å². The van der Waals surface area contributed by atoms with Crippen LogP contribution >= 0.6 is 15.9 Å². The van der Waals surface area contributed by atoms with Gasteiger partial charge in [-0.3, -0.25) is 0 Å². The van der Waals surface area contributed by atoms with Crippen molar-refractivity contribution in [2.75, 3.05) is 28.1 Å². The first-order chi connectivity index (χ1) is 7.76. The smallest absolute Gasteiger partial charge is 0.206 e. The van der Waals surface area contributed by atoms with Crippen LogP contribution in [-0.4, -0.2) is 28.1 Å². The van der Waals surface area contributed by atoms with Crippen molar-refractivity contribution in [2.24, 2.45) is 0 Å². The molecular weight excluding hydrogens is 276 g/mol. The van der Waals surface area contributed by atoms with Gasteiger partial charge in [0.2, 0.25) is 5.75 Å². The second kappa shape index (κ2) is 6.60. The van der Waals surface area contributed by atoms with Gasteiger partial charge in [-0.2, -0.15) is 0 Å². The van der Waals surface area contributed by atoms with E-state index in [4.69, 9.17) is 18.9 Å². The van der Waals surface area contributed by atoms with Gasteiger partial charge in [0.1, 0.15) is 0 Å². The Balaban J connectivity index is 3.09. The summed E-state index contributed by atoms with van der Waals surface area (Å²) in [5.41, 5.74) is 1.05. The van der Waals surface area contributed by atoms with E-state index in [0.29, 0.717) is 17.2 Å². The standard InChI is InChI=1S/C11H15BrO4/c1-13-7-16-11-9(14-2)4-8(6-12)5-10(11)15-3/h4-5H,6-7H2,1-3H3. The normalized spacial score (nSPS) is 10.0. The summed E-state index contributed by atoms with van der Waals surface area (Å²) in [4.78, 5) is 0. The summed E-state index contributed by atoms with van der Waals surface area (Å²) in [6.45, 7) is 0.153. The molecule has 0 radical (unpaired) electrons.